The Morgan fingerprint density at radius 1 is 1.53 bits per heavy atom. The van der Waals surface area contributed by atoms with E-state index in [0.717, 1.165) is 9.26 Å². The molecule has 0 aliphatic carbocycles. The van der Waals surface area contributed by atoms with Gasteiger partial charge < -0.3 is 4.90 Å². The van der Waals surface area contributed by atoms with E-state index >= 15 is 0 Å². The molecule has 1 unspecified atom stereocenters. The van der Waals surface area contributed by atoms with Crippen LogP contribution >= 0.6 is 46.8 Å². The summed E-state index contributed by atoms with van der Waals surface area (Å²) in [5.41, 5.74) is 0.790. The highest BCUT2D eigenvalue weighted by Gasteiger charge is 2.29. The topological polar surface area (TPSA) is 20.3 Å². The number of thiol groups is 1. The van der Waals surface area contributed by atoms with Crippen molar-refractivity contribution >= 4 is 58.4 Å². The summed E-state index contributed by atoms with van der Waals surface area (Å²) in [4.78, 5) is 13.3. The number of rotatable bonds is 1. The van der Waals surface area contributed by atoms with Crippen molar-refractivity contribution in [2.75, 3.05) is 11.4 Å². The summed E-state index contributed by atoms with van der Waals surface area (Å²) in [7, 11) is 0. The lowest BCUT2D eigenvalue weighted by Gasteiger charge is -2.17. The Morgan fingerprint density at radius 3 is 2.80 bits per heavy atom. The molecule has 1 aromatic carbocycles. The third-order valence-electron chi connectivity index (χ3n) is 2.31. The Kier molecular flexibility index (Phi) is 3.47. The van der Waals surface area contributed by atoms with Crippen molar-refractivity contribution in [2.45, 2.75) is 11.7 Å². The molecule has 0 spiro atoms. The van der Waals surface area contributed by atoms with Crippen LogP contribution in [0.1, 0.15) is 6.42 Å². The molecule has 1 heterocycles. The molecule has 0 bridgehead atoms. The lowest BCUT2D eigenvalue weighted by molar-refractivity contribution is -0.117. The summed E-state index contributed by atoms with van der Waals surface area (Å²) in [5.74, 6) is 0.0955. The maximum Gasteiger partial charge on any atom is 0.228 e. The third kappa shape index (κ3) is 2.42. The summed E-state index contributed by atoms with van der Waals surface area (Å²) in [6.45, 7) is 0.641. The third-order valence-corrected chi connectivity index (χ3v) is 3.62. The molecule has 15 heavy (non-hydrogen) atoms. The normalized spacial score (nSPS) is 21.1. The van der Waals surface area contributed by atoms with E-state index in [1.807, 2.05) is 18.2 Å². The molecule has 0 aromatic heterocycles. The first kappa shape index (κ1) is 11.5. The number of benzene rings is 1. The SMILES string of the molecule is O=C1CC(S)CN1c1ccc(I)cc1Cl. The van der Waals surface area contributed by atoms with Crippen LogP contribution in [0.25, 0.3) is 0 Å². The van der Waals surface area contributed by atoms with E-state index in [4.69, 9.17) is 11.6 Å². The van der Waals surface area contributed by atoms with Gasteiger partial charge in [-0.25, -0.2) is 0 Å². The van der Waals surface area contributed by atoms with Gasteiger partial charge in [0, 0.05) is 21.8 Å². The number of hydrogen-bond donors (Lipinski definition) is 1. The molecule has 0 radical (unpaired) electrons. The first-order valence-electron chi connectivity index (χ1n) is 4.51. The fraction of sp³-hybridized carbons (Fsp3) is 0.300. The van der Waals surface area contributed by atoms with Crippen molar-refractivity contribution < 1.29 is 4.79 Å². The number of amides is 1. The molecule has 80 valence electrons. The van der Waals surface area contributed by atoms with Crippen molar-refractivity contribution in [3.63, 3.8) is 0 Å². The molecule has 1 amide bonds. The van der Waals surface area contributed by atoms with E-state index < -0.39 is 0 Å². The number of hydrogen-bond acceptors (Lipinski definition) is 2. The van der Waals surface area contributed by atoms with Crippen LogP contribution in [0.5, 0.6) is 0 Å². The fourth-order valence-electron chi connectivity index (χ4n) is 1.62. The largest absolute Gasteiger partial charge is 0.310 e. The predicted octanol–water partition coefficient (Wildman–Crippen LogP) is 2.98. The molecule has 1 fully saturated rings. The summed E-state index contributed by atoms with van der Waals surface area (Å²) in [6, 6.07) is 5.69. The average Bonchev–Trinajstić information content (AvgIpc) is 2.45. The molecule has 2 rings (SSSR count). The van der Waals surface area contributed by atoms with Crippen molar-refractivity contribution in [1.29, 1.82) is 0 Å². The molecule has 0 saturated carbocycles. The van der Waals surface area contributed by atoms with Gasteiger partial charge in [0.2, 0.25) is 5.91 Å². The first-order chi connectivity index (χ1) is 7.08. The van der Waals surface area contributed by atoms with Gasteiger partial charge in [-0.3, -0.25) is 4.79 Å². The Balaban J connectivity index is 2.34. The first-order valence-corrected chi connectivity index (χ1v) is 6.48. The second kappa shape index (κ2) is 4.51. The van der Waals surface area contributed by atoms with Crippen LogP contribution in [-0.4, -0.2) is 17.7 Å². The van der Waals surface area contributed by atoms with Crippen LogP contribution < -0.4 is 4.90 Å². The number of carbonyl (C=O) groups is 1. The van der Waals surface area contributed by atoms with Crippen molar-refractivity contribution in [1.82, 2.24) is 0 Å². The second-order valence-corrected chi connectivity index (χ2v) is 5.84. The van der Waals surface area contributed by atoms with Gasteiger partial charge in [0.05, 0.1) is 10.7 Å². The molecule has 0 N–H and O–H groups in total. The van der Waals surface area contributed by atoms with E-state index in [0.29, 0.717) is 18.0 Å². The summed E-state index contributed by atoms with van der Waals surface area (Å²) in [5, 5.41) is 0.741. The van der Waals surface area contributed by atoms with Gasteiger partial charge >= 0.3 is 0 Å². The van der Waals surface area contributed by atoms with E-state index in [9.17, 15) is 4.79 Å². The van der Waals surface area contributed by atoms with Crippen molar-refractivity contribution in [3.8, 4) is 0 Å². The number of halogens is 2. The molecule has 5 heteroatoms. The summed E-state index contributed by atoms with van der Waals surface area (Å²) < 4.78 is 1.07. The molecule has 2 nitrogen and oxygen atoms in total. The minimum Gasteiger partial charge on any atom is -0.310 e. The smallest absolute Gasteiger partial charge is 0.228 e. The Bertz CT molecular complexity index is 412. The highest BCUT2D eigenvalue weighted by atomic mass is 127. The maximum atomic E-state index is 11.6. The van der Waals surface area contributed by atoms with Gasteiger partial charge in [-0.05, 0) is 40.8 Å². The van der Waals surface area contributed by atoms with Gasteiger partial charge in [-0.1, -0.05) is 11.6 Å². The van der Waals surface area contributed by atoms with Gasteiger partial charge in [-0.2, -0.15) is 12.6 Å². The van der Waals surface area contributed by atoms with Crippen LogP contribution in [-0.2, 0) is 4.79 Å². The zero-order valence-corrected chi connectivity index (χ0v) is 11.6. The Hall–Kier alpha value is 0.0600. The van der Waals surface area contributed by atoms with Crippen LogP contribution in [0.2, 0.25) is 5.02 Å². The molecule has 1 aliphatic rings. The van der Waals surface area contributed by atoms with Crippen LogP contribution in [0.15, 0.2) is 18.2 Å². The molecular formula is C10H9ClINOS. The molecular weight excluding hydrogens is 345 g/mol. The van der Waals surface area contributed by atoms with Gasteiger partial charge in [0.1, 0.15) is 0 Å². The monoisotopic (exact) mass is 353 g/mol. The van der Waals surface area contributed by atoms with E-state index in [1.165, 1.54) is 0 Å². The molecule has 1 aromatic rings. The minimum atomic E-state index is 0.0955. The minimum absolute atomic E-state index is 0.0955. The van der Waals surface area contributed by atoms with E-state index in [2.05, 4.69) is 35.2 Å². The van der Waals surface area contributed by atoms with Crippen LogP contribution in [0.4, 0.5) is 5.69 Å². The Morgan fingerprint density at radius 2 is 2.27 bits per heavy atom. The van der Waals surface area contributed by atoms with Crippen LogP contribution in [0, 0.1) is 3.57 Å². The zero-order valence-electron chi connectivity index (χ0n) is 7.78. The summed E-state index contributed by atoms with van der Waals surface area (Å²) in [6.07, 6.45) is 0.491. The van der Waals surface area contributed by atoms with E-state index in [-0.39, 0.29) is 11.2 Å². The van der Waals surface area contributed by atoms with Gasteiger partial charge in [-0.15, -0.1) is 0 Å². The van der Waals surface area contributed by atoms with Crippen molar-refractivity contribution in [2.24, 2.45) is 0 Å². The lowest BCUT2D eigenvalue weighted by atomic mass is 10.3. The molecule has 1 saturated heterocycles. The highest BCUT2D eigenvalue weighted by molar-refractivity contribution is 14.1. The lowest BCUT2D eigenvalue weighted by Crippen LogP contribution is -2.24. The number of carbonyl (C=O) groups excluding carboxylic acids is 1. The molecule has 1 aliphatic heterocycles. The molecule has 1 atom stereocenters. The van der Waals surface area contributed by atoms with Gasteiger partial charge in [0.15, 0.2) is 0 Å². The maximum absolute atomic E-state index is 11.6. The van der Waals surface area contributed by atoms with Crippen LogP contribution in [0.3, 0.4) is 0 Å². The van der Waals surface area contributed by atoms with E-state index in [1.54, 1.807) is 4.90 Å². The summed E-state index contributed by atoms with van der Waals surface area (Å²) >= 11 is 12.6. The fourth-order valence-corrected chi connectivity index (χ4v) is 2.90. The standard InChI is InChI=1S/C10H9ClINOS/c11-8-3-6(12)1-2-9(8)13-5-7(15)4-10(13)14/h1-3,7,15H,4-5H2. The number of anilines is 1. The predicted molar refractivity (Wildman–Crippen MR) is 73.9 cm³/mol. The zero-order chi connectivity index (χ0) is 11.0. The van der Waals surface area contributed by atoms with Crippen molar-refractivity contribution in [3.05, 3.63) is 26.8 Å². The van der Waals surface area contributed by atoms with Gasteiger partial charge in [0.25, 0.3) is 0 Å². The average molecular weight is 354 g/mol. The highest BCUT2D eigenvalue weighted by Crippen LogP contribution is 2.31. The second-order valence-electron chi connectivity index (χ2n) is 3.46. The quantitative estimate of drug-likeness (QED) is 0.608. The Labute approximate surface area is 113 Å². The number of nitrogens with zero attached hydrogens (tertiary/aromatic N) is 1.